The van der Waals surface area contributed by atoms with Crippen LogP contribution in [-0.4, -0.2) is 18.7 Å². The van der Waals surface area contributed by atoms with Crippen molar-refractivity contribution in [2.75, 3.05) is 6.61 Å². The van der Waals surface area contributed by atoms with Crippen LogP contribution in [0.5, 0.6) is 5.06 Å². The Morgan fingerprint density at radius 3 is 3.08 bits per heavy atom. The Morgan fingerprint density at radius 2 is 2.42 bits per heavy atom. The molecule has 0 saturated carbocycles. The number of aldehydes is 1. The first-order valence-corrected chi connectivity index (χ1v) is 4.38. The van der Waals surface area contributed by atoms with Crippen molar-refractivity contribution in [1.29, 1.82) is 0 Å². The minimum absolute atomic E-state index is 0.0700. The summed E-state index contributed by atoms with van der Waals surface area (Å²) < 4.78 is 5.22. The van der Waals surface area contributed by atoms with Crippen LogP contribution in [0, 0.1) is 0 Å². The van der Waals surface area contributed by atoms with Crippen LogP contribution in [0.3, 0.4) is 0 Å². The highest BCUT2D eigenvalue weighted by atomic mass is 32.1. The number of hydrogen-bond acceptors (Lipinski definition) is 4. The maximum absolute atomic E-state index is 11.2. The topological polar surface area (TPSA) is 43.4 Å². The summed E-state index contributed by atoms with van der Waals surface area (Å²) in [5, 5.41) is 0.591. The van der Waals surface area contributed by atoms with E-state index < -0.39 is 0 Å². The maximum Gasteiger partial charge on any atom is 0.185 e. The molecule has 0 fully saturated rings. The molecule has 0 saturated heterocycles. The summed E-state index contributed by atoms with van der Waals surface area (Å²) in [6.45, 7) is 0.435. The van der Waals surface area contributed by atoms with Crippen LogP contribution in [-0.2, 0) is 0 Å². The quantitative estimate of drug-likeness (QED) is 0.618. The number of hydrogen-bond donors (Lipinski definition) is 0. The minimum atomic E-state index is 0.0700. The molecule has 3 nitrogen and oxygen atoms in total. The SMILES string of the molecule is O=Cc1cc2c(s1)OCCC2=O. The molecule has 12 heavy (non-hydrogen) atoms. The number of rotatable bonds is 1. The van der Waals surface area contributed by atoms with Crippen molar-refractivity contribution in [2.45, 2.75) is 6.42 Å². The first kappa shape index (κ1) is 7.49. The molecule has 0 unspecified atom stereocenters. The summed E-state index contributed by atoms with van der Waals surface area (Å²) >= 11 is 1.23. The van der Waals surface area contributed by atoms with Crippen LogP contribution < -0.4 is 4.74 Å². The predicted octanol–water partition coefficient (Wildman–Crippen LogP) is 1.53. The average molecular weight is 182 g/mol. The molecule has 0 spiro atoms. The summed E-state index contributed by atoms with van der Waals surface area (Å²) in [6, 6.07) is 1.59. The molecule has 0 bridgehead atoms. The van der Waals surface area contributed by atoms with Crippen molar-refractivity contribution in [3.63, 3.8) is 0 Å². The molecular weight excluding hydrogens is 176 g/mol. The van der Waals surface area contributed by atoms with Gasteiger partial charge in [-0.15, -0.1) is 0 Å². The van der Waals surface area contributed by atoms with Gasteiger partial charge in [0, 0.05) is 6.42 Å². The van der Waals surface area contributed by atoms with E-state index in [9.17, 15) is 9.59 Å². The van der Waals surface area contributed by atoms with E-state index in [4.69, 9.17) is 4.74 Å². The summed E-state index contributed by atoms with van der Waals surface area (Å²) in [7, 11) is 0. The molecular formula is C8H6O3S. The number of Topliss-reactive ketones (excluding diaryl/α,β-unsaturated/α-hetero) is 1. The lowest BCUT2D eigenvalue weighted by Gasteiger charge is -2.10. The van der Waals surface area contributed by atoms with Gasteiger partial charge in [0.15, 0.2) is 17.1 Å². The summed E-state index contributed by atoms with van der Waals surface area (Å²) in [6.07, 6.45) is 1.15. The zero-order chi connectivity index (χ0) is 8.55. The highest BCUT2D eigenvalue weighted by Gasteiger charge is 2.21. The van der Waals surface area contributed by atoms with Crippen molar-refractivity contribution in [3.8, 4) is 5.06 Å². The van der Waals surface area contributed by atoms with E-state index in [-0.39, 0.29) is 5.78 Å². The first-order valence-electron chi connectivity index (χ1n) is 3.56. The molecule has 0 amide bonds. The van der Waals surface area contributed by atoms with E-state index in [2.05, 4.69) is 0 Å². The van der Waals surface area contributed by atoms with E-state index in [0.717, 1.165) is 6.29 Å². The molecule has 0 N–H and O–H groups in total. The third-order valence-corrected chi connectivity index (χ3v) is 2.67. The normalized spacial score (nSPS) is 15.2. The number of carbonyl (C=O) groups is 2. The third kappa shape index (κ3) is 1.04. The zero-order valence-electron chi connectivity index (χ0n) is 6.20. The van der Waals surface area contributed by atoms with Crippen LogP contribution in [0.2, 0.25) is 0 Å². The first-order chi connectivity index (χ1) is 5.81. The Kier molecular flexibility index (Phi) is 1.69. The second-order valence-electron chi connectivity index (χ2n) is 2.49. The Bertz CT molecular complexity index is 340. The van der Waals surface area contributed by atoms with E-state index >= 15 is 0 Å². The number of ketones is 1. The average Bonchev–Trinajstić information content (AvgIpc) is 2.49. The monoisotopic (exact) mass is 182 g/mol. The minimum Gasteiger partial charge on any atom is -0.483 e. The van der Waals surface area contributed by atoms with E-state index in [1.54, 1.807) is 6.07 Å². The molecule has 1 aromatic rings. The standard InChI is InChI=1S/C8H6O3S/c9-4-5-3-6-7(10)1-2-11-8(6)12-5/h3-4H,1-2H2. The fraction of sp³-hybridized carbons (Fsp3) is 0.250. The Labute approximate surface area is 73.0 Å². The summed E-state index contributed by atoms with van der Waals surface area (Å²) in [5.41, 5.74) is 0.563. The van der Waals surface area contributed by atoms with Gasteiger partial charge in [-0.05, 0) is 6.07 Å². The van der Waals surface area contributed by atoms with Gasteiger partial charge < -0.3 is 4.74 Å². The lowest BCUT2D eigenvalue weighted by atomic mass is 10.1. The van der Waals surface area contributed by atoms with Crippen LogP contribution in [0.1, 0.15) is 26.5 Å². The molecule has 1 aliphatic heterocycles. The molecule has 2 heterocycles. The van der Waals surface area contributed by atoms with Gasteiger partial charge in [-0.2, -0.15) is 0 Å². The molecule has 2 rings (SSSR count). The van der Waals surface area contributed by atoms with E-state index in [1.165, 1.54) is 11.3 Å². The molecule has 1 aromatic heterocycles. The van der Waals surface area contributed by atoms with Crippen LogP contribution >= 0.6 is 11.3 Å². The zero-order valence-corrected chi connectivity index (χ0v) is 7.02. The lowest BCUT2D eigenvalue weighted by Crippen LogP contribution is -2.12. The van der Waals surface area contributed by atoms with Crippen molar-refractivity contribution < 1.29 is 14.3 Å². The smallest absolute Gasteiger partial charge is 0.185 e. The summed E-state index contributed by atoms with van der Waals surface area (Å²) in [5.74, 6) is 0.0700. The van der Waals surface area contributed by atoms with Crippen molar-refractivity contribution in [3.05, 3.63) is 16.5 Å². The fourth-order valence-corrected chi connectivity index (χ4v) is 1.99. The number of carbonyl (C=O) groups excluding carboxylic acids is 2. The van der Waals surface area contributed by atoms with E-state index in [1.807, 2.05) is 0 Å². The highest BCUT2D eigenvalue weighted by molar-refractivity contribution is 7.15. The van der Waals surface area contributed by atoms with Gasteiger partial charge in [-0.25, -0.2) is 0 Å². The molecule has 0 atom stereocenters. The largest absolute Gasteiger partial charge is 0.483 e. The van der Waals surface area contributed by atoms with Gasteiger partial charge in [-0.3, -0.25) is 9.59 Å². The second kappa shape index (κ2) is 2.71. The van der Waals surface area contributed by atoms with Crippen LogP contribution in [0.25, 0.3) is 0 Å². The molecule has 0 aliphatic carbocycles. The molecule has 0 radical (unpaired) electrons. The third-order valence-electron chi connectivity index (χ3n) is 1.70. The van der Waals surface area contributed by atoms with Gasteiger partial charge in [0.1, 0.15) is 0 Å². The van der Waals surface area contributed by atoms with Gasteiger partial charge >= 0.3 is 0 Å². The number of ether oxygens (including phenoxy) is 1. The lowest BCUT2D eigenvalue weighted by molar-refractivity contribution is 0.0937. The van der Waals surface area contributed by atoms with Gasteiger partial charge in [0.05, 0.1) is 17.0 Å². The van der Waals surface area contributed by atoms with Gasteiger partial charge in [0.25, 0.3) is 0 Å². The van der Waals surface area contributed by atoms with Gasteiger partial charge in [-0.1, -0.05) is 11.3 Å². The molecule has 4 heteroatoms. The Morgan fingerprint density at radius 1 is 1.58 bits per heavy atom. The Balaban J connectivity index is 2.50. The van der Waals surface area contributed by atoms with Crippen molar-refractivity contribution in [1.82, 2.24) is 0 Å². The highest BCUT2D eigenvalue weighted by Crippen LogP contribution is 2.33. The Hall–Kier alpha value is -1.16. The van der Waals surface area contributed by atoms with Crippen LogP contribution in [0.15, 0.2) is 6.07 Å². The van der Waals surface area contributed by atoms with Crippen molar-refractivity contribution >= 4 is 23.4 Å². The predicted molar refractivity (Wildman–Crippen MR) is 44.1 cm³/mol. The summed E-state index contributed by atoms with van der Waals surface area (Å²) in [4.78, 5) is 22.2. The van der Waals surface area contributed by atoms with Crippen LogP contribution in [0.4, 0.5) is 0 Å². The number of thiophene rings is 1. The van der Waals surface area contributed by atoms with Gasteiger partial charge in [0.2, 0.25) is 0 Å². The number of fused-ring (bicyclic) bond motifs is 1. The van der Waals surface area contributed by atoms with Crippen molar-refractivity contribution in [2.24, 2.45) is 0 Å². The molecule has 1 aliphatic rings. The molecule has 62 valence electrons. The van der Waals surface area contributed by atoms with E-state index in [0.29, 0.717) is 28.5 Å². The molecule has 0 aromatic carbocycles. The second-order valence-corrected chi connectivity index (χ2v) is 3.54. The maximum atomic E-state index is 11.2. The fourth-order valence-electron chi connectivity index (χ4n) is 1.12.